The fraction of sp³-hybridized carbons (Fsp3) is 0.500. The van der Waals surface area contributed by atoms with Gasteiger partial charge >= 0.3 is 0 Å². The average molecular weight is 310 g/mol. The summed E-state index contributed by atoms with van der Waals surface area (Å²) in [6.07, 6.45) is 6.37. The van der Waals surface area contributed by atoms with E-state index in [4.69, 9.17) is 4.98 Å². The van der Waals surface area contributed by atoms with Crippen LogP contribution in [0.4, 0.5) is 5.82 Å². The van der Waals surface area contributed by atoms with Gasteiger partial charge in [0.05, 0.1) is 29.3 Å². The minimum Gasteiger partial charge on any atom is -0.350 e. The summed E-state index contributed by atoms with van der Waals surface area (Å²) in [5.74, 6) is 1.14. The van der Waals surface area contributed by atoms with E-state index in [-0.39, 0.29) is 5.91 Å². The van der Waals surface area contributed by atoms with E-state index in [0.29, 0.717) is 12.1 Å². The molecule has 5 heteroatoms. The number of carbonyl (C=O) groups is 1. The molecule has 2 atom stereocenters. The molecule has 0 unspecified atom stereocenters. The average Bonchev–Trinajstić information content (AvgIpc) is 3.22. The van der Waals surface area contributed by atoms with E-state index < -0.39 is 0 Å². The first-order valence-corrected chi connectivity index (χ1v) is 8.50. The summed E-state index contributed by atoms with van der Waals surface area (Å²) < 4.78 is 0. The van der Waals surface area contributed by atoms with Crippen LogP contribution in [0.2, 0.25) is 0 Å². The van der Waals surface area contributed by atoms with Crippen LogP contribution in [0.15, 0.2) is 30.5 Å². The van der Waals surface area contributed by atoms with Crippen LogP contribution in [0.5, 0.6) is 0 Å². The van der Waals surface area contributed by atoms with Crippen molar-refractivity contribution in [1.82, 2.24) is 14.9 Å². The van der Waals surface area contributed by atoms with Crippen LogP contribution in [0.3, 0.4) is 0 Å². The molecule has 120 valence electrons. The number of carbonyl (C=O) groups excluding carboxylic acids is 1. The molecule has 0 bridgehead atoms. The molecule has 2 saturated heterocycles. The number of rotatable bonds is 2. The van der Waals surface area contributed by atoms with Crippen LogP contribution in [0.1, 0.15) is 32.6 Å². The number of benzene rings is 1. The van der Waals surface area contributed by atoms with Crippen LogP contribution in [0, 0.1) is 0 Å². The molecule has 2 aliphatic rings. The largest absolute Gasteiger partial charge is 0.350 e. The van der Waals surface area contributed by atoms with Gasteiger partial charge in [-0.05, 0) is 37.8 Å². The number of aromatic nitrogens is 2. The highest BCUT2D eigenvalue weighted by Gasteiger charge is 2.39. The van der Waals surface area contributed by atoms with Crippen LogP contribution in [0.25, 0.3) is 11.0 Å². The maximum atomic E-state index is 11.9. The molecule has 4 rings (SSSR count). The Kier molecular flexibility index (Phi) is 3.63. The van der Waals surface area contributed by atoms with Gasteiger partial charge in [0.2, 0.25) is 5.91 Å². The SMILES string of the molecule is CC(=O)N1CCC[C@H]1[C@@H]1CCCN1c1cnc2ccccc2n1. The Balaban J connectivity index is 1.65. The maximum Gasteiger partial charge on any atom is 0.219 e. The molecule has 2 fully saturated rings. The summed E-state index contributed by atoms with van der Waals surface area (Å²) in [6.45, 7) is 3.58. The van der Waals surface area contributed by atoms with E-state index in [1.54, 1.807) is 6.92 Å². The molecule has 0 spiro atoms. The zero-order chi connectivity index (χ0) is 15.8. The summed E-state index contributed by atoms with van der Waals surface area (Å²) in [6, 6.07) is 8.67. The van der Waals surface area contributed by atoms with Gasteiger partial charge in [0, 0.05) is 20.0 Å². The molecule has 0 aliphatic carbocycles. The molecular formula is C18H22N4O. The monoisotopic (exact) mass is 310 g/mol. The van der Waals surface area contributed by atoms with Crippen molar-refractivity contribution in [3.63, 3.8) is 0 Å². The quantitative estimate of drug-likeness (QED) is 0.855. The summed E-state index contributed by atoms with van der Waals surface area (Å²) in [4.78, 5) is 25.7. The molecule has 3 heterocycles. The van der Waals surface area contributed by atoms with Crippen molar-refractivity contribution in [3.05, 3.63) is 30.5 Å². The van der Waals surface area contributed by atoms with E-state index in [1.165, 1.54) is 0 Å². The first-order chi connectivity index (χ1) is 11.2. The van der Waals surface area contributed by atoms with Gasteiger partial charge in [0.25, 0.3) is 0 Å². The fourth-order valence-corrected chi connectivity index (χ4v) is 4.15. The lowest BCUT2D eigenvalue weighted by Crippen LogP contribution is -2.48. The van der Waals surface area contributed by atoms with E-state index in [2.05, 4.69) is 14.8 Å². The van der Waals surface area contributed by atoms with Crippen LogP contribution in [-0.2, 0) is 4.79 Å². The van der Waals surface area contributed by atoms with Crippen LogP contribution < -0.4 is 4.90 Å². The molecule has 1 aromatic carbocycles. The maximum absolute atomic E-state index is 11.9. The lowest BCUT2D eigenvalue weighted by molar-refractivity contribution is -0.129. The number of hydrogen-bond acceptors (Lipinski definition) is 4. The highest BCUT2D eigenvalue weighted by Crippen LogP contribution is 2.33. The number of amides is 1. The second-order valence-electron chi connectivity index (χ2n) is 6.54. The smallest absolute Gasteiger partial charge is 0.219 e. The van der Waals surface area contributed by atoms with Crippen LogP contribution >= 0.6 is 0 Å². The van der Waals surface area contributed by atoms with Crippen molar-refractivity contribution in [2.24, 2.45) is 0 Å². The number of nitrogens with zero attached hydrogens (tertiary/aromatic N) is 4. The van der Waals surface area contributed by atoms with E-state index in [9.17, 15) is 4.79 Å². The Morgan fingerprint density at radius 3 is 2.65 bits per heavy atom. The van der Waals surface area contributed by atoms with Crippen molar-refractivity contribution in [3.8, 4) is 0 Å². The molecule has 23 heavy (non-hydrogen) atoms. The number of para-hydroxylation sites is 2. The Bertz CT molecular complexity index is 732. The minimum atomic E-state index is 0.198. The Hall–Kier alpha value is -2.17. The third kappa shape index (κ3) is 2.54. The van der Waals surface area contributed by atoms with Gasteiger partial charge in [-0.15, -0.1) is 0 Å². The lowest BCUT2D eigenvalue weighted by Gasteiger charge is -2.35. The summed E-state index contributed by atoms with van der Waals surface area (Å²) in [5.41, 5.74) is 1.86. The standard InChI is InChI=1S/C18H22N4O/c1-13(23)21-10-4-8-16(21)17-9-5-11-22(17)18-12-19-14-6-2-3-7-15(14)20-18/h2-3,6-7,12,16-17H,4-5,8-11H2,1H3/t16-,17-/m0/s1. The second-order valence-corrected chi connectivity index (χ2v) is 6.54. The highest BCUT2D eigenvalue weighted by molar-refractivity contribution is 5.76. The van der Waals surface area contributed by atoms with Crippen molar-refractivity contribution < 1.29 is 4.79 Å². The van der Waals surface area contributed by atoms with Gasteiger partial charge in [-0.2, -0.15) is 0 Å². The predicted molar refractivity (Wildman–Crippen MR) is 90.3 cm³/mol. The molecule has 0 saturated carbocycles. The number of hydrogen-bond donors (Lipinski definition) is 0. The molecule has 2 aromatic rings. The molecule has 0 N–H and O–H groups in total. The third-order valence-electron chi connectivity index (χ3n) is 5.18. The van der Waals surface area contributed by atoms with Gasteiger partial charge in [0.15, 0.2) is 0 Å². The molecule has 1 aromatic heterocycles. The van der Waals surface area contributed by atoms with E-state index in [0.717, 1.165) is 55.6 Å². The van der Waals surface area contributed by atoms with Gasteiger partial charge in [0.1, 0.15) is 5.82 Å². The highest BCUT2D eigenvalue weighted by atomic mass is 16.2. The number of anilines is 1. The zero-order valence-corrected chi connectivity index (χ0v) is 13.5. The van der Waals surface area contributed by atoms with Crippen molar-refractivity contribution in [2.75, 3.05) is 18.0 Å². The molecule has 1 amide bonds. The Morgan fingerprint density at radius 2 is 1.83 bits per heavy atom. The molecule has 2 aliphatic heterocycles. The molecule has 5 nitrogen and oxygen atoms in total. The first kappa shape index (κ1) is 14.4. The summed E-state index contributed by atoms with van der Waals surface area (Å²) >= 11 is 0. The van der Waals surface area contributed by atoms with Crippen molar-refractivity contribution in [2.45, 2.75) is 44.7 Å². The normalized spacial score (nSPS) is 24.6. The fourth-order valence-electron chi connectivity index (χ4n) is 4.15. The minimum absolute atomic E-state index is 0.198. The lowest BCUT2D eigenvalue weighted by atomic mass is 10.0. The van der Waals surface area contributed by atoms with Crippen LogP contribution in [-0.4, -0.2) is 45.9 Å². The number of likely N-dealkylation sites (tertiary alicyclic amines) is 1. The molecule has 0 radical (unpaired) electrons. The van der Waals surface area contributed by atoms with Gasteiger partial charge in [-0.25, -0.2) is 4.98 Å². The third-order valence-corrected chi connectivity index (χ3v) is 5.18. The predicted octanol–water partition coefficient (Wildman–Crippen LogP) is 2.61. The summed E-state index contributed by atoms with van der Waals surface area (Å²) in [5, 5.41) is 0. The van der Waals surface area contributed by atoms with Crippen molar-refractivity contribution >= 4 is 22.8 Å². The van der Waals surface area contributed by atoms with Gasteiger partial charge < -0.3 is 9.80 Å². The molecular weight excluding hydrogens is 288 g/mol. The Morgan fingerprint density at radius 1 is 1.09 bits per heavy atom. The summed E-state index contributed by atoms with van der Waals surface area (Å²) in [7, 11) is 0. The zero-order valence-electron chi connectivity index (χ0n) is 13.5. The van der Waals surface area contributed by atoms with E-state index >= 15 is 0 Å². The second kappa shape index (κ2) is 5.80. The van der Waals surface area contributed by atoms with Gasteiger partial charge in [-0.3, -0.25) is 9.78 Å². The van der Waals surface area contributed by atoms with Gasteiger partial charge in [-0.1, -0.05) is 12.1 Å². The Labute approximate surface area is 136 Å². The van der Waals surface area contributed by atoms with E-state index in [1.807, 2.05) is 30.5 Å². The topological polar surface area (TPSA) is 49.3 Å². The first-order valence-electron chi connectivity index (χ1n) is 8.50. The van der Waals surface area contributed by atoms with Crippen molar-refractivity contribution in [1.29, 1.82) is 0 Å². The number of fused-ring (bicyclic) bond motifs is 1.